The Morgan fingerprint density at radius 3 is 2.67 bits per heavy atom. The van der Waals surface area contributed by atoms with Crippen molar-refractivity contribution in [1.82, 2.24) is 19.6 Å². The first-order valence-electron chi connectivity index (χ1n) is 12.5. The Kier molecular flexibility index (Phi) is 6.95. The van der Waals surface area contributed by atoms with Gasteiger partial charge in [0, 0.05) is 34.8 Å². The molecule has 188 valence electrons. The zero-order valence-electron chi connectivity index (χ0n) is 20.6. The quantitative estimate of drug-likeness (QED) is 0.292. The largest absolute Gasteiger partial charge is 0.292 e. The van der Waals surface area contributed by atoms with Crippen molar-refractivity contribution in [2.45, 2.75) is 77.8 Å². The van der Waals surface area contributed by atoms with Crippen LogP contribution in [0.25, 0.3) is 5.57 Å². The van der Waals surface area contributed by atoms with Crippen molar-refractivity contribution in [3.63, 3.8) is 0 Å². The van der Waals surface area contributed by atoms with Gasteiger partial charge in [-0.15, -0.1) is 11.3 Å². The maximum absolute atomic E-state index is 13.3. The van der Waals surface area contributed by atoms with Crippen LogP contribution in [0, 0.1) is 24.0 Å². The monoisotopic (exact) mass is 506 g/mol. The van der Waals surface area contributed by atoms with Crippen LogP contribution in [0.1, 0.15) is 78.6 Å². The van der Waals surface area contributed by atoms with Crippen molar-refractivity contribution in [1.29, 1.82) is 0 Å². The molecular formula is C26H30N6O3S. The van der Waals surface area contributed by atoms with Crippen LogP contribution in [0.5, 0.6) is 0 Å². The SMILES string of the molecule is Cc1cc(C)n(Cc2cc(C3=C(C(=O)Cc4cc([N+](=O)[O-])cs4)N=CCC3)nn2C2CCCCC2)n1. The third kappa shape index (κ3) is 5.09. The number of carbonyl (C=O) groups excluding carboxylic acids is 1. The third-order valence-electron chi connectivity index (χ3n) is 6.94. The van der Waals surface area contributed by atoms with E-state index in [0.717, 1.165) is 47.6 Å². The van der Waals surface area contributed by atoms with Gasteiger partial charge < -0.3 is 0 Å². The molecule has 0 amide bonds. The molecule has 1 fully saturated rings. The molecular weight excluding hydrogens is 476 g/mol. The highest BCUT2D eigenvalue weighted by molar-refractivity contribution is 7.10. The van der Waals surface area contributed by atoms with E-state index in [4.69, 9.17) is 5.10 Å². The van der Waals surface area contributed by atoms with Gasteiger partial charge in [0.1, 0.15) is 5.70 Å². The molecule has 0 unspecified atom stereocenters. The van der Waals surface area contributed by atoms with Crippen molar-refractivity contribution >= 4 is 34.6 Å². The summed E-state index contributed by atoms with van der Waals surface area (Å²) in [6.07, 6.45) is 9.17. The fraction of sp³-hybridized carbons (Fsp3) is 0.462. The van der Waals surface area contributed by atoms with Gasteiger partial charge in [-0.05, 0) is 51.7 Å². The summed E-state index contributed by atoms with van der Waals surface area (Å²) >= 11 is 1.23. The average molecular weight is 507 g/mol. The van der Waals surface area contributed by atoms with Crippen molar-refractivity contribution < 1.29 is 9.72 Å². The summed E-state index contributed by atoms with van der Waals surface area (Å²) < 4.78 is 4.18. The van der Waals surface area contributed by atoms with E-state index < -0.39 is 4.92 Å². The fourth-order valence-electron chi connectivity index (χ4n) is 5.18. The Labute approximate surface area is 213 Å². The van der Waals surface area contributed by atoms with E-state index >= 15 is 0 Å². The molecule has 4 heterocycles. The van der Waals surface area contributed by atoms with E-state index in [1.54, 1.807) is 6.21 Å². The number of aliphatic imine (C=N–C) groups is 1. The fourth-order valence-corrected chi connectivity index (χ4v) is 6.01. The van der Waals surface area contributed by atoms with Gasteiger partial charge in [0.05, 0.1) is 40.0 Å². The van der Waals surface area contributed by atoms with E-state index in [0.29, 0.717) is 29.6 Å². The van der Waals surface area contributed by atoms with Gasteiger partial charge in [-0.25, -0.2) is 0 Å². The minimum atomic E-state index is -0.434. The summed E-state index contributed by atoms with van der Waals surface area (Å²) in [5.41, 5.74) is 5.28. The minimum Gasteiger partial charge on any atom is -0.292 e. The Morgan fingerprint density at radius 2 is 1.97 bits per heavy atom. The molecule has 3 aromatic heterocycles. The highest BCUT2D eigenvalue weighted by Gasteiger charge is 2.26. The highest BCUT2D eigenvalue weighted by atomic mass is 32.1. The molecule has 10 heteroatoms. The smallest absolute Gasteiger partial charge is 0.280 e. The Morgan fingerprint density at radius 1 is 1.17 bits per heavy atom. The second-order valence-electron chi connectivity index (χ2n) is 9.65. The molecule has 3 aromatic rings. The third-order valence-corrected chi connectivity index (χ3v) is 7.86. The summed E-state index contributed by atoms with van der Waals surface area (Å²) in [5, 5.41) is 22.2. The number of nitro groups is 1. The highest BCUT2D eigenvalue weighted by Crippen LogP contribution is 2.34. The normalized spacial score (nSPS) is 16.6. The number of hydrogen-bond acceptors (Lipinski definition) is 7. The summed E-state index contributed by atoms with van der Waals surface area (Å²) in [6.45, 7) is 4.69. The van der Waals surface area contributed by atoms with Crippen LogP contribution in [-0.2, 0) is 17.8 Å². The summed E-state index contributed by atoms with van der Waals surface area (Å²) in [4.78, 5) is 29.0. The number of ketones is 1. The number of Topliss-reactive ketones (excluding diaryl/α,β-unsaturated/α-hetero) is 1. The molecule has 0 radical (unpaired) electrons. The van der Waals surface area contributed by atoms with Crippen LogP contribution >= 0.6 is 11.3 Å². The van der Waals surface area contributed by atoms with E-state index in [9.17, 15) is 14.9 Å². The van der Waals surface area contributed by atoms with Crippen LogP contribution < -0.4 is 0 Å². The maximum atomic E-state index is 13.3. The molecule has 5 rings (SSSR count). The Bertz CT molecular complexity index is 1360. The second-order valence-corrected chi connectivity index (χ2v) is 10.6. The molecule has 0 saturated heterocycles. The van der Waals surface area contributed by atoms with E-state index in [-0.39, 0.29) is 17.9 Å². The van der Waals surface area contributed by atoms with E-state index in [2.05, 4.69) is 33.8 Å². The summed E-state index contributed by atoms with van der Waals surface area (Å²) in [7, 11) is 0. The number of thiophene rings is 1. The average Bonchev–Trinajstić information content (AvgIpc) is 3.59. The van der Waals surface area contributed by atoms with Gasteiger partial charge >= 0.3 is 0 Å². The first kappa shape index (κ1) is 24.3. The van der Waals surface area contributed by atoms with E-state index in [1.165, 1.54) is 42.0 Å². The maximum Gasteiger partial charge on any atom is 0.280 e. The Balaban J connectivity index is 1.49. The predicted octanol–water partition coefficient (Wildman–Crippen LogP) is 5.61. The molecule has 36 heavy (non-hydrogen) atoms. The number of aryl methyl sites for hydroxylation is 2. The number of allylic oxidation sites excluding steroid dienone is 2. The molecule has 1 aliphatic carbocycles. The van der Waals surface area contributed by atoms with Gasteiger partial charge in [0.2, 0.25) is 0 Å². The van der Waals surface area contributed by atoms with Crippen LogP contribution in [0.15, 0.2) is 34.3 Å². The Hall–Kier alpha value is -3.40. The number of hydrogen-bond donors (Lipinski definition) is 0. The van der Waals surface area contributed by atoms with Gasteiger partial charge in [0.25, 0.3) is 5.69 Å². The zero-order valence-corrected chi connectivity index (χ0v) is 21.5. The number of aromatic nitrogens is 4. The van der Waals surface area contributed by atoms with E-state index in [1.807, 2.05) is 11.6 Å². The minimum absolute atomic E-state index is 0.0177. The van der Waals surface area contributed by atoms with Crippen molar-refractivity contribution in [2.24, 2.45) is 4.99 Å². The number of rotatable bonds is 8. The van der Waals surface area contributed by atoms with Gasteiger partial charge in [-0.3, -0.25) is 29.3 Å². The number of nitrogens with zero attached hydrogens (tertiary/aromatic N) is 6. The molecule has 0 bridgehead atoms. The predicted molar refractivity (Wildman–Crippen MR) is 139 cm³/mol. The lowest BCUT2D eigenvalue weighted by atomic mass is 9.95. The summed E-state index contributed by atoms with van der Waals surface area (Å²) in [5.74, 6) is -0.134. The van der Waals surface area contributed by atoms with Gasteiger partial charge in [-0.1, -0.05) is 19.3 Å². The first-order valence-corrected chi connectivity index (χ1v) is 13.4. The topological polar surface area (TPSA) is 108 Å². The molecule has 9 nitrogen and oxygen atoms in total. The van der Waals surface area contributed by atoms with Crippen LogP contribution in [0.3, 0.4) is 0 Å². The molecule has 0 N–H and O–H groups in total. The first-order chi connectivity index (χ1) is 17.4. The summed E-state index contributed by atoms with van der Waals surface area (Å²) in [6, 6.07) is 5.99. The van der Waals surface area contributed by atoms with Crippen molar-refractivity contribution in [3.8, 4) is 0 Å². The van der Waals surface area contributed by atoms with Crippen molar-refractivity contribution in [2.75, 3.05) is 0 Å². The van der Waals surface area contributed by atoms with Crippen LogP contribution in [0.2, 0.25) is 0 Å². The molecule has 0 atom stereocenters. The lowest BCUT2D eigenvalue weighted by molar-refractivity contribution is -0.384. The van der Waals surface area contributed by atoms with Gasteiger partial charge in [-0.2, -0.15) is 10.2 Å². The van der Waals surface area contributed by atoms with Crippen LogP contribution in [-0.4, -0.2) is 36.5 Å². The zero-order chi connectivity index (χ0) is 25.2. The lowest BCUT2D eigenvalue weighted by Gasteiger charge is -2.24. The molecule has 1 aliphatic heterocycles. The molecule has 1 saturated carbocycles. The molecule has 2 aliphatic rings. The second kappa shape index (κ2) is 10.3. The number of carbonyl (C=O) groups is 1. The van der Waals surface area contributed by atoms with Crippen molar-refractivity contribution in [3.05, 3.63) is 67.0 Å². The molecule has 0 spiro atoms. The lowest BCUT2D eigenvalue weighted by Crippen LogP contribution is -2.19. The van der Waals surface area contributed by atoms with Crippen LogP contribution in [0.4, 0.5) is 5.69 Å². The van der Waals surface area contributed by atoms with Gasteiger partial charge in [0.15, 0.2) is 5.78 Å². The molecule has 0 aromatic carbocycles. The standard InChI is InChI=1S/C26H30N6O3S/c1-17-11-18(2)30(28-17)15-20-13-24(29-31(20)19-7-4-3-5-8-19)23-9-6-10-27-26(23)25(33)14-22-12-21(16-36-22)32(34)35/h10-13,16,19H,3-9,14-15H2,1-2H3.